The molecule has 0 radical (unpaired) electrons. The topological polar surface area (TPSA) is 0 Å². The van der Waals surface area contributed by atoms with Crippen molar-refractivity contribution >= 4 is 50.5 Å². The van der Waals surface area contributed by atoms with Crippen molar-refractivity contribution in [2.45, 2.75) is 0 Å². The van der Waals surface area contributed by atoms with Gasteiger partial charge in [0.05, 0.1) is 0 Å². The van der Waals surface area contributed by atoms with E-state index < -0.39 is 0 Å². The average molecular weight is 1480 g/mol. The Morgan fingerprint density at radius 3 is 0.500 bits per heavy atom. The Bertz CT molecular complexity index is 2020. The quantitative estimate of drug-likeness (QED) is 0.122. The standard InChI is InChI=1S/3C10H8.3C8H6.C4H4.4W/c3*1-2-6-10-8-4-3-7-9(10)5-1;3*1-2-8-6-4-3-5-7-8;1-3-4-2;;;;/h3*1-8H;3*1-6H;1-4H;;;;/q;;;4*-2;4*+2. The Kier molecular flexibility index (Phi) is 37.4. The zero-order chi connectivity index (χ0) is 41.3. The molecule has 0 amide bonds. The molecule has 0 heterocycles. The molecule has 62 heavy (non-hydrogen) atoms. The van der Waals surface area contributed by atoms with Gasteiger partial charge < -0.3 is 80.0 Å². The fourth-order valence-electron chi connectivity index (χ4n) is 4.93. The minimum Gasteiger partial charge on any atom is -0.394 e. The smallest absolute Gasteiger partial charge is 0.394 e. The van der Waals surface area contributed by atoms with Crippen molar-refractivity contribution < 1.29 is 84.3 Å². The van der Waals surface area contributed by atoms with Crippen LogP contribution < -0.4 is 0 Å². The molecule has 0 aromatic heterocycles. The maximum Gasteiger partial charge on any atom is 2.00 e. The number of hydrogen-bond acceptors (Lipinski definition) is 0. The number of allylic oxidation sites excluding steroid dienone is 2. The molecular weight excluding hydrogens is 1430 g/mol. The van der Waals surface area contributed by atoms with Gasteiger partial charge in [-0.05, 0) is 32.3 Å². The van der Waals surface area contributed by atoms with Crippen molar-refractivity contribution in [3.05, 3.63) is 298 Å². The fraction of sp³-hybridized carbons (Fsp3) is 0. The van der Waals surface area contributed by atoms with Gasteiger partial charge in [-0.25, -0.2) is 36.4 Å². The number of benzene rings is 9. The van der Waals surface area contributed by atoms with Crippen molar-refractivity contribution in [3.8, 4) is 0 Å². The van der Waals surface area contributed by atoms with E-state index in [1.807, 2.05) is 72.8 Å². The maximum absolute atomic E-state index is 5.19. The van der Waals surface area contributed by atoms with E-state index in [1.165, 1.54) is 62.7 Å². The number of fused-ring (bicyclic) bond motifs is 3. The molecule has 0 spiro atoms. The summed E-state index contributed by atoms with van der Waals surface area (Å²) in [6.07, 6.45) is 7.14. The van der Waals surface area contributed by atoms with Gasteiger partial charge in [0.15, 0.2) is 0 Å². The van der Waals surface area contributed by atoms with E-state index in [1.54, 1.807) is 0 Å². The third-order valence-electron chi connectivity index (χ3n) is 7.83. The molecule has 9 aromatic carbocycles. The molecule has 0 nitrogen and oxygen atoms in total. The SMILES string of the molecule is [CH-]=CC=[CH-].[CH-]=Cc1[c-]cccc1.[CH-]=Cc1[c-]cccc1.[CH-]=Cc1[c-]cccc1.[W+2].[W+2].[W+2].[W+2].c1ccc2ccccc2c1.c1ccc2ccccc2c1.c1ccc2ccccc2c1. The average Bonchev–Trinajstić information content (AvgIpc) is 3.33. The fourth-order valence-corrected chi connectivity index (χ4v) is 4.93. The summed E-state index contributed by atoms with van der Waals surface area (Å²) in [5.74, 6) is 0. The number of hydrogen-bond donors (Lipinski definition) is 0. The van der Waals surface area contributed by atoms with Gasteiger partial charge in [0, 0.05) is 0 Å². The van der Waals surface area contributed by atoms with Crippen LogP contribution in [0.4, 0.5) is 0 Å². The maximum atomic E-state index is 5.19. The summed E-state index contributed by atoms with van der Waals surface area (Å²) >= 11 is 0. The van der Waals surface area contributed by atoms with Gasteiger partial charge in [-0.3, -0.25) is 0 Å². The van der Waals surface area contributed by atoms with Crippen LogP contribution in [0.5, 0.6) is 0 Å². The first-order valence-corrected chi connectivity index (χ1v) is 18.6. The molecule has 0 aliphatic carbocycles. The van der Waals surface area contributed by atoms with Gasteiger partial charge in [0.25, 0.3) is 0 Å². The van der Waals surface area contributed by atoms with Crippen LogP contribution in [0.1, 0.15) is 16.7 Å². The second-order valence-corrected chi connectivity index (χ2v) is 11.9. The van der Waals surface area contributed by atoms with E-state index in [2.05, 4.69) is 164 Å². The van der Waals surface area contributed by atoms with E-state index in [-0.39, 0.29) is 84.3 Å². The van der Waals surface area contributed by atoms with Gasteiger partial charge in [0.1, 0.15) is 0 Å². The Hall–Kier alpha value is -4.79. The molecular formula is C58H46W4. The van der Waals surface area contributed by atoms with Crippen LogP contribution in [-0.4, -0.2) is 0 Å². The van der Waals surface area contributed by atoms with Crippen LogP contribution in [0, 0.1) is 51.1 Å². The second kappa shape index (κ2) is 39.1. The van der Waals surface area contributed by atoms with Gasteiger partial charge in [-0.15, -0.1) is 18.2 Å². The van der Waals surface area contributed by atoms with Gasteiger partial charge in [-0.1, -0.05) is 146 Å². The first-order valence-electron chi connectivity index (χ1n) is 18.6. The summed E-state index contributed by atoms with van der Waals surface area (Å²) in [5, 5.41) is 7.86. The summed E-state index contributed by atoms with van der Waals surface area (Å²) in [5.41, 5.74) is 2.81. The molecule has 0 saturated heterocycles. The molecule has 0 N–H and O–H groups in total. The third-order valence-corrected chi connectivity index (χ3v) is 7.83. The van der Waals surface area contributed by atoms with E-state index in [0.29, 0.717) is 0 Å². The molecule has 0 atom stereocenters. The molecule has 9 rings (SSSR count). The summed E-state index contributed by atoms with van der Waals surface area (Å²) < 4.78 is 0. The largest absolute Gasteiger partial charge is 2.00 e. The summed E-state index contributed by atoms with van der Waals surface area (Å²) in [4.78, 5) is 0. The Morgan fingerprint density at radius 2 is 0.403 bits per heavy atom. The normalized spacial score (nSPS) is 8.45. The molecule has 4 heteroatoms. The van der Waals surface area contributed by atoms with Crippen molar-refractivity contribution in [3.63, 3.8) is 0 Å². The zero-order valence-electron chi connectivity index (χ0n) is 34.2. The van der Waals surface area contributed by atoms with Crippen LogP contribution in [0.2, 0.25) is 0 Å². The predicted octanol–water partition coefficient (Wildman–Crippen LogP) is 15.3. The van der Waals surface area contributed by atoms with Crippen molar-refractivity contribution in [1.29, 1.82) is 0 Å². The monoisotopic (exact) mass is 1480 g/mol. The van der Waals surface area contributed by atoms with Gasteiger partial charge in [-0.2, -0.15) is 36.4 Å². The Morgan fingerprint density at radius 1 is 0.242 bits per heavy atom. The van der Waals surface area contributed by atoms with Crippen LogP contribution in [0.25, 0.3) is 50.5 Å². The van der Waals surface area contributed by atoms with Crippen LogP contribution in [-0.2, 0) is 84.3 Å². The van der Waals surface area contributed by atoms with E-state index in [0.717, 1.165) is 16.7 Å². The van der Waals surface area contributed by atoms with E-state index in [9.17, 15) is 0 Å². The molecule has 0 aliphatic heterocycles. The van der Waals surface area contributed by atoms with E-state index >= 15 is 0 Å². The minimum absolute atomic E-state index is 0. The molecule has 9 aromatic rings. The van der Waals surface area contributed by atoms with Crippen LogP contribution in [0.15, 0.2) is 231 Å². The van der Waals surface area contributed by atoms with Crippen LogP contribution >= 0.6 is 0 Å². The van der Waals surface area contributed by atoms with Gasteiger partial charge >= 0.3 is 84.3 Å². The van der Waals surface area contributed by atoms with E-state index in [4.69, 9.17) is 32.9 Å². The third kappa shape index (κ3) is 25.2. The summed E-state index contributed by atoms with van der Waals surface area (Å²) in [7, 11) is 0. The van der Waals surface area contributed by atoms with Crippen LogP contribution in [0.3, 0.4) is 0 Å². The van der Waals surface area contributed by atoms with Crippen molar-refractivity contribution in [1.82, 2.24) is 0 Å². The molecule has 0 unspecified atom stereocenters. The molecule has 302 valence electrons. The summed E-state index contributed by atoms with van der Waals surface area (Å²) in [6.45, 7) is 25.0. The Balaban J connectivity index is 0. The first kappa shape index (κ1) is 59.3. The van der Waals surface area contributed by atoms with Crippen molar-refractivity contribution in [2.24, 2.45) is 0 Å². The molecule has 0 aliphatic rings. The molecule has 0 bridgehead atoms. The Labute approximate surface area is 429 Å². The zero-order valence-corrected chi connectivity index (χ0v) is 45.9. The first-order chi connectivity index (χ1) is 28.6. The second-order valence-electron chi connectivity index (χ2n) is 11.9. The molecule has 0 saturated carbocycles. The van der Waals surface area contributed by atoms with Crippen molar-refractivity contribution in [2.75, 3.05) is 0 Å². The number of rotatable bonds is 4. The summed E-state index contributed by atoms with van der Waals surface area (Å²) in [6, 6.07) is 81.7. The minimum atomic E-state index is 0. The van der Waals surface area contributed by atoms with Gasteiger partial charge in [0.2, 0.25) is 0 Å². The predicted molar refractivity (Wildman–Crippen MR) is 252 cm³/mol. The molecule has 0 fully saturated rings.